The topological polar surface area (TPSA) is 70.7 Å². The number of ether oxygens (including phenoxy) is 1. The van der Waals surface area contributed by atoms with Crippen molar-refractivity contribution in [3.63, 3.8) is 0 Å². The summed E-state index contributed by atoms with van der Waals surface area (Å²) < 4.78 is 36.6. The van der Waals surface area contributed by atoms with Gasteiger partial charge in [0, 0.05) is 37.2 Å². The number of Topliss-reactive ketones (excluding diaryl/α,β-unsaturated/α-hetero) is 1. The lowest BCUT2D eigenvalue weighted by atomic mass is 9.61. The van der Waals surface area contributed by atoms with E-state index in [0.29, 0.717) is 43.2 Å². The van der Waals surface area contributed by atoms with Gasteiger partial charge in [-0.1, -0.05) is 70.5 Å². The molecule has 0 unspecified atom stereocenters. The van der Waals surface area contributed by atoms with Crippen molar-refractivity contribution in [3.05, 3.63) is 63.1 Å². The molecule has 0 aromatic heterocycles. The lowest BCUT2D eigenvalue weighted by Gasteiger charge is -2.39. The lowest BCUT2D eigenvalue weighted by molar-refractivity contribution is -0.122. The molecule has 10 heteroatoms. The minimum Gasteiger partial charge on any atom is -0.379 e. The second-order valence-corrected chi connectivity index (χ2v) is 14.3. The normalized spacial score (nSPS) is 25.3. The lowest BCUT2D eigenvalue weighted by Crippen LogP contribution is -2.50. The van der Waals surface area contributed by atoms with Crippen LogP contribution >= 0.6 is 23.2 Å². The number of carbonyl (C=O) groups is 2. The molecule has 0 radical (unpaired) electrons. The Hall–Kier alpha value is -2.10. The quantitative estimate of drug-likeness (QED) is 0.281. The Bertz CT molecular complexity index is 1380. The van der Waals surface area contributed by atoms with Gasteiger partial charge in [-0.3, -0.25) is 14.5 Å². The van der Waals surface area contributed by atoms with E-state index < -0.39 is 41.0 Å². The number of benzene rings is 2. The molecule has 4 atom stereocenters. The van der Waals surface area contributed by atoms with Crippen LogP contribution in [0.25, 0.3) is 0 Å². The molecule has 2 saturated heterocycles. The molecule has 0 saturated carbocycles. The first kappa shape index (κ1) is 34.8. The van der Waals surface area contributed by atoms with Gasteiger partial charge in [-0.2, -0.15) is 0 Å². The number of nitrogens with zero attached hydrogens (tertiary/aromatic N) is 1. The highest BCUT2D eigenvalue weighted by atomic mass is 35.5. The fourth-order valence-corrected chi connectivity index (χ4v) is 8.15. The first-order chi connectivity index (χ1) is 20.3. The molecular weight excluding hydrogens is 607 g/mol. The van der Waals surface area contributed by atoms with Gasteiger partial charge >= 0.3 is 0 Å². The Balaban J connectivity index is 0.00000442. The number of rotatable bonds is 10. The molecule has 1 amide bonds. The fraction of sp³-hybridized carbons (Fsp3) is 0.588. The molecule has 3 aliphatic rings. The van der Waals surface area contributed by atoms with Gasteiger partial charge < -0.3 is 15.4 Å². The number of amides is 1. The molecule has 3 heterocycles. The second-order valence-electron chi connectivity index (χ2n) is 13.4. The van der Waals surface area contributed by atoms with Crippen LogP contribution in [0.4, 0.5) is 14.5 Å². The third kappa shape index (κ3) is 6.57. The van der Waals surface area contributed by atoms with Gasteiger partial charge in [-0.05, 0) is 66.5 Å². The summed E-state index contributed by atoms with van der Waals surface area (Å²) in [6.45, 7) is 12.2. The Morgan fingerprint density at radius 1 is 1.16 bits per heavy atom. The number of ketones is 1. The Kier molecular flexibility index (Phi) is 10.8. The van der Waals surface area contributed by atoms with E-state index in [9.17, 15) is 9.59 Å². The Morgan fingerprint density at radius 2 is 1.86 bits per heavy atom. The first-order valence-electron chi connectivity index (χ1n) is 15.2. The van der Waals surface area contributed by atoms with Gasteiger partial charge in [-0.15, -0.1) is 0 Å². The molecule has 6 nitrogen and oxygen atoms in total. The Morgan fingerprint density at radius 3 is 2.55 bits per heavy atom. The zero-order valence-corrected chi connectivity index (χ0v) is 26.8. The summed E-state index contributed by atoms with van der Waals surface area (Å²) in [6.07, 6.45) is 2.22. The predicted molar refractivity (Wildman–Crippen MR) is 173 cm³/mol. The minimum absolute atomic E-state index is 0. The van der Waals surface area contributed by atoms with Gasteiger partial charge in [0.1, 0.15) is 22.8 Å². The summed E-state index contributed by atoms with van der Waals surface area (Å²) in [5, 5.41) is 6.23. The van der Waals surface area contributed by atoms with E-state index in [2.05, 4.69) is 43.2 Å². The third-order valence-electron chi connectivity index (χ3n) is 9.27. The maximum atomic E-state index is 16.0. The smallest absolute Gasteiger partial charge is 0.237 e. The van der Waals surface area contributed by atoms with E-state index in [1.54, 1.807) is 12.1 Å². The second kappa shape index (κ2) is 13.7. The van der Waals surface area contributed by atoms with E-state index >= 15 is 8.78 Å². The molecule has 5 rings (SSSR count). The first-order valence-corrected chi connectivity index (χ1v) is 15.9. The van der Waals surface area contributed by atoms with Crippen LogP contribution in [0, 0.1) is 23.0 Å². The number of halogens is 4. The van der Waals surface area contributed by atoms with E-state index in [1.165, 1.54) is 18.2 Å². The molecule has 44 heavy (non-hydrogen) atoms. The van der Waals surface area contributed by atoms with E-state index in [4.69, 9.17) is 27.9 Å². The third-order valence-corrected chi connectivity index (χ3v) is 9.85. The van der Waals surface area contributed by atoms with Crippen LogP contribution in [0.2, 0.25) is 10.0 Å². The SMILES string of the molecule is C.CC(C)CC(C)(C)C[C@H]1N[C@@H](C(=O)CCCN2CCOCC2)[C@H](c2cccc(Cl)c2F)[C@@]12C(=O)Nc1cc(Cl)c(F)cc12. The number of hydrogen-bond donors (Lipinski definition) is 2. The van der Waals surface area contributed by atoms with E-state index in [-0.39, 0.29) is 40.7 Å². The number of fused-ring (bicyclic) bond motifs is 2. The largest absolute Gasteiger partial charge is 0.379 e. The summed E-state index contributed by atoms with van der Waals surface area (Å²) in [7, 11) is 0. The van der Waals surface area contributed by atoms with Crippen LogP contribution in [0.5, 0.6) is 0 Å². The van der Waals surface area contributed by atoms with Gasteiger partial charge in [0.2, 0.25) is 5.91 Å². The molecule has 2 aromatic carbocycles. The van der Waals surface area contributed by atoms with Gasteiger partial charge in [0.25, 0.3) is 0 Å². The van der Waals surface area contributed by atoms with Crippen LogP contribution < -0.4 is 10.6 Å². The average molecular weight is 653 g/mol. The standard InChI is InChI=1S/C33H41Cl2F2N3O3.CH4/c1-19(2)17-32(3,4)18-27-33(21-15-24(36)23(35)16-25(21)38-31(33)42)28(20-7-5-8-22(34)29(20)37)30(39-27)26(41)9-6-10-40-11-13-43-14-12-40;/h5,7-8,15-16,19,27-28,30,39H,6,9-14,17-18H2,1-4H3,(H,38,42);1H4/t27-,28+,30+,33+;/m1./s1. The maximum absolute atomic E-state index is 16.0. The van der Waals surface area contributed by atoms with Crippen LogP contribution in [0.3, 0.4) is 0 Å². The van der Waals surface area contributed by atoms with Crippen molar-refractivity contribution in [3.8, 4) is 0 Å². The highest BCUT2D eigenvalue weighted by Gasteiger charge is 2.66. The molecule has 2 N–H and O–H groups in total. The van der Waals surface area contributed by atoms with Gasteiger partial charge in [0.05, 0.1) is 29.3 Å². The summed E-state index contributed by atoms with van der Waals surface area (Å²) >= 11 is 12.4. The molecule has 2 aromatic rings. The highest BCUT2D eigenvalue weighted by molar-refractivity contribution is 6.31. The maximum Gasteiger partial charge on any atom is 0.237 e. The molecule has 242 valence electrons. The van der Waals surface area contributed by atoms with Gasteiger partial charge in [0.15, 0.2) is 0 Å². The summed E-state index contributed by atoms with van der Waals surface area (Å²) in [5.41, 5.74) is -0.819. The number of morpholine rings is 1. The van der Waals surface area contributed by atoms with Crippen LogP contribution in [-0.2, 0) is 19.7 Å². The van der Waals surface area contributed by atoms with E-state index in [0.717, 1.165) is 26.1 Å². The van der Waals surface area contributed by atoms with Crippen LogP contribution in [0.15, 0.2) is 30.3 Å². The molecule has 2 fully saturated rings. The highest BCUT2D eigenvalue weighted by Crippen LogP contribution is 2.58. The molecular formula is C34H45Cl2F2N3O3. The van der Waals surface area contributed by atoms with Crippen LogP contribution in [0.1, 0.15) is 77.8 Å². The van der Waals surface area contributed by atoms with Gasteiger partial charge in [-0.25, -0.2) is 8.78 Å². The monoisotopic (exact) mass is 651 g/mol. The minimum atomic E-state index is -1.48. The predicted octanol–water partition coefficient (Wildman–Crippen LogP) is 7.37. The number of nitrogens with one attached hydrogen (secondary N) is 2. The van der Waals surface area contributed by atoms with Crippen molar-refractivity contribution >= 4 is 40.6 Å². The van der Waals surface area contributed by atoms with Crippen LogP contribution in [-0.4, -0.2) is 61.5 Å². The zero-order chi connectivity index (χ0) is 31.1. The van der Waals surface area contributed by atoms with Crippen molar-refractivity contribution in [2.45, 2.75) is 84.2 Å². The molecule has 1 spiro atoms. The number of carbonyl (C=O) groups excluding carboxylic acids is 2. The average Bonchev–Trinajstić information content (AvgIpc) is 3.40. The summed E-state index contributed by atoms with van der Waals surface area (Å²) in [5.74, 6) is -2.47. The summed E-state index contributed by atoms with van der Waals surface area (Å²) in [6, 6.07) is 5.84. The van der Waals surface area contributed by atoms with Crippen molar-refractivity contribution in [1.82, 2.24) is 10.2 Å². The molecule has 3 aliphatic heterocycles. The summed E-state index contributed by atoms with van der Waals surface area (Å²) in [4.78, 5) is 30.8. The fourth-order valence-electron chi connectivity index (χ4n) is 7.80. The number of hydrogen-bond acceptors (Lipinski definition) is 5. The molecule has 0 bridgehead atoms. The van der Waals surface area contributed by atoms with Crippen molar-refractivity contribution in [1.29, 1.82) is 0 Å². The van der Waals surface area contributed by atoms with Crippen molar-refractivity contribution < 1.29 is 23.1 Å². The number of anilines is 1. The van der Waals surface area contributed by atoms with E-state index in [1.807, 2.05) is 0 Å². The Labute approximate surface area is 270 Å². The zero-order valence-electron chi connectivity index (χ0n) is 25.2. The van der Waals surface area contributed by atoms with Crippen molar-refractivity contribution in [2.24, 2.45) is 11.3 Å². The molecule has 0 aliphatic carbocycles. The van der Waals surface area contributed by atoms with Crippen molar-refractivity contribution in [2.75, 3.05) is 38.2 Å².